The molecule has 3 rings (SSSR count). The zero-order chi connectivity index (χ0) is 19.8. The Bertz CT molecular complexity index is 785. The second-order valence-corrected chi connectivity index (χ2v) is 7.86. The standard InChI is InChI=1S/C23H28ClN3O/c1-19(23(28)25-18-21-11-5-6-12-22(21)24)27-16-14-26(15-17-27)13-7-10-20-8-3-2-4-9-20/h2-12,19H,13-18H2,1H3,(H,25,28)/p+2/b10-7+/t19-/m1/s1. The number of quaternary nitrogens is 2. The van der Waals surface area contributed by atoms with E-state index >= 15 is 0 Å². The summed E-state index contributed by atoms with van der Waals surface area (Å²) in [5, 5.41) is 3.74. The first kappa shape index (κ1) is 20.6. The number of piperazine rings is 1. The summed E-state index contributed by atoms with van der Waals surface area (Å²) in [4.78, 5) is 15.5. The van der Waals surface area contributed by atoms with Crippen LogP contribution >= 0.6 is 11.6 Å². The van der Waals surface area contributed by atoms with E-state index in [4.69, 9.17) is 11.6 Å². The fourth-order valence-electron chi connectivity index (χ4n) is 3.65. The fraction of sp³-hybridized carbons (Fsp3) is 0.348. The van der Waals surface area contributed by atoms with Crippen molar-refractivity contribution in [3.63, 3.8) is 0 Å². The highest BCUT2D eigenvalue weighted by Gasteiger charge is 2.30. The summed E-state index contributed by atoms with van der Waals surface area (Å²) in [6.07, 6.45) is 4.45. The van der Waals surface area contributed by atoms with Crippen molar-refractivity contribution in [2.24, 2.45) is 0 Å². The molecule has 0 saturated carbocycles. The molecule has 28 heavy (non-hydrogen) atoms. The van der Waals surface area contributed by atoms with Crippen molar-refractivity contribution >= 4 is 23.6 Å². The van der Waals surface area contributed by atoms with Crippen LogP contribution in [-0.4, -0.2) is 44.7 Å². The summed E-state index contributed by atoms with van der Waals surface area (Å²) in [6.45, 7) is 7.78. The van der Waals surface area contributed by atoms with Crippen LogP contribution in [0.15, 0.2) is 60.7 Å². The minimum atomic E-state index is -0.0381. The Balaban J connectivity index is 1.40. The largest absolute Gasteiger partial charge is 0.347 e. The summed E-state index contributed by atoms with van der Waals surface area (Å²) in [5.41, 5.74) is 2.20. The molecule has 1 fully saturated rings. The predicted octanol–water partition coefficient (Wildman–Crippen LogP) is 0.842. The van der Waals surface area contributed by atoms with Crippen molar-refractivity contribution in [1.82, 2.24) is 5.32 Å². The van der Waals surface area contributed by atoms with Gasteiger partial charge in [0.2, 0.25) is 0 Å². The lowest BCUT2D eigenvalue weighted by Crippen LogP contribution is -3.30. The lowest BCUT2D eigenvalue weighted by molar-refractivity contribution is -1.02. The first-order valence-electron chi connectivity index (χ1n) is 10.0. The Labute approximate surface area is 172 Å². The zero-order valence-corrected chi connectivity index (χ0v) is 17.2. The van der Waals surface area contributed by atoms with Gasteiger partial charge in [-0.15, -0.1) is 0 Å². The molecular weight excluding hydrogens is 370 g/mol. The van der Waals surface area contributed by atoms with Crippen LogP contribution < -0.4 is 15.1 Å². The first-order valence-corrected chi connectivity index (χ1v) is 10.4. The maximum Gasteiger partial charge on any atom is 0.278 e. The molecule has 1 amide bonds. The van der Waals surface area contributed by atoms with E-state index in [1.165, 1.54) is 10.5 Å². The molecule has 1 heterocycles. The van der Waals surface area contributed by atoms with Crippen LogP contribution in [0.5, 0.6) is 0 Å². The monoisotopic (exact) mass is 399 g/mol. The normalized spacial score (nSPS) is 20.8. The third-order valence-electron chi connectivity index (χ3n) is 5.53. The second kappa shape index (κ2) is 10.4. The topological polar surface area (TPSA) is 38.0 Å². The predicted molar refractivity (Wildman–Crippen MR) is 114 cm³/mol. The van der Waals surface area contributed by atoms with E-state index in [9.17, 15) is 4.79 Å². The minimum absolute atomic E-state index is 0.0381. The van der Waals surface area contributed by atoms with E-state index < -0.39 is 0 Å². The molecule has 0 radical (unpaired) electrons. The number of carbonyl (C=O) groups excluding carboxylic acids is 1. The molecule has 0 aromatic heterocycles. The number of amides is 1. The fourth-order valence-corrected chi connectivity index (χ4v) is 3.85. The number of hydrogen-bond acceptors (Lipinski definition) is 1. The molecule has 0 spiro atoms. The number of carbonyl (C=O) groups is 1. The van der Waals surface area contributed by atoms with Gasteiger partial charge in [-0.05, 0) is 30.2 Å². The third-order valence-corrected chi connectivity index (χ3v) is 5.90. The van der Waals surface area contributed by atoms with Crippen LogP contribution in [0.2, 0.25) is 5.02 Å². The molecule has 2 aromatic rings. The van der Waals surface area contributed by atoms with Crippen molar-refractivity contribution in [2.45, 2.75) is 19.5 Å². The Kier molecular flexibility index (Phi) is 7.66. The average molecular weight is 400 g/mol. The van der Waals surface area contributed by atoms with E-state index in [1.807, 2.05) is 37.3 Å². The molecule has 1 aliphatic heterocycles. The number of benzene rings is 2. The van der Waals surface area contributed by atoms with Gasteiger partial charge in [0.1, 0.15) is 26.2 Å². The maximum atomic E-state index is 12.5. The summed E-state index contributed by atoms with van der Waals surface area (Å²) in [7, 11) is 0. The van der Waals surface area contributed by atoms with Gasteiger partial charge < -0.3 is 15.1 Å². The second-order valence-electron chi connectivity index (χ2n) is 7.46. The molecule has 5 heteroatoms. The minimum Gasteiger partial charge on any atom is -0.347 e. The van der Waals surface area contributed by atoms with Crippen LogP contribution in [0, 0.1) is 0 Å². The molecule has 3 N–H and O–H groups in total. The Hall–Kier alpha value is -2.14. The number of halogens is 1. The Morgan fingerprint density at radius 2 is 1.75 bits per heavy atom. The molecule has 148 valence electrons. The van der Waals surface area contributed by atoms with Gasteiger partial charge in [-0.3, -0.25) is 4.79 Å². The van der Waals surface area contributed by atoms with E-state index in [1.54, 1.807) is 4.90 Å². The Morgan fingerprint density at radius 3 is 2.46 bits per heavy atom. The number of nitrogens with one attached hydrogen (secondary N) is 3. The van der Waals surface area contributed by atoms with Gasteiger partial charge in [-0.25, -0.2) is 0 Å². The molecule has 0 aliphatic carbocycles. The molecule has 1 atom stereocenters. The van der Waals surface area contributed by atoms with Gasteiger partial charge >= 0.3 is 0 Å². The van der Waals surface area contributed by atoms with Gasteiger partial charge in [-0.1, -0.05) is 66.2 Å². The smallest absolute Gasteiger partial charge is 0.278 e. The number of rotatable bonds is 7. The van der Waals surface area contributed by atoms with Crippen LogP contribution in [0.3, 0.4) is 0 Å². The quantitative estimate of drug-likeness (QED) is 0.634. The van der Waals surface area contributed by atoms with Crippen molar-refractivity contribution in [1.29, 1.82) is 0 Å². The lowest BCUT2D eigenvalue weighted by atomic mass is 10.2. The molecule has 0 unspecified atom stereocenters. The van der Waals surface area contributed by atoms with Crippen molar-refractivity contribution in [3.05, 3.63) is 76.8 Å². The van der Waals surface area contributed by atoms with Gasteiger partial charge in [0.25, 0.3) is 5.91 Å². The van der Waals surface area contributed by atoms with Gasteiger partial charge in [0.05, 0.1) is 6.54 Å². The third kappa shape index (κ3) is 5.93. The van der Waals surface area contributed by atoms with Gasteiger partial charge in [0.15, 0.2) is 6.04 Å². The Morgan fingerprint density at radius 1 is 1.07 bits per heavy atom. The average Bonchev–Trinajstić information content (AvgIpc) is 2.74. The van der Waals surface area contributed by atoms with E-state index in [0.717, 1.165) is 38.3 Å². The summed E-state index contributed by atoms with van der Waals surface area (Å²) >= 11 is 6.17. The highest BCUT2D eigenvalue weighted by molar-refractivity contribution is 6.31. The van der Waals surface area contributed by atoms with Crippen LogP contribution in [0.4, 0.5) is 0 Å². The van der Waals surface area contributed by atoms with Gasteiger partial charge in [0, 0.05) is 11.6 Å². The number of hydrogen-bond donors (Lipinski definition) is 3. The van der Waals surface area contributed by atoms with Crippen LogP contribution in [0.25, 0.3) is 6.08 Å². The van der Waals surface area contributed by atoms with E-state index in [2.05, 4.69) is 41.7 Å². The lowest BCUT2D eigenvalue weighted by Gasteiger charge is -2.32. The molecule has 1 saturated heterocycles. The maximum absolute atomic E-state index is 12.5. The van der Waals surface area contributed by atoms with Gasteiger partial charge in [-0.2, -0.15) is 0 Å². The SMILES string of the molecule is C[C@H](C(=O)NCc1ccccc1Cl)[NH+]1CC[NH+](C/C=C/c2ccccc2)CC1. The molecule has 1 aliphatic rings. The highest BCUT2D eigenvalue weighted by atomic mass is 35.5. The zero-order valence-electron chi connectivity index (χ0n) is 16.5. The van der Waals surface area contributed by atoms with Crippen molar-refractivity contribution < 1.29 is 14.6 Å². The van der Waals surface area contributed by atoms with Crippen molar-refractivity contribution in [2.75, 3.05) is 32.7 Å². The molecule has 0 bridgehead atoms. The van der Waals surface area contributed by atoms with E-state index in [-0.39, 0.29) is 11.9 Å². The van der Waals surface area contributed by atoms with Crippen LogP contribution in [0.1, 0.15) is 18.1 Å². The van der Waals surface area contributed by atoms with Crippen molar-refractivity contribution in [3.8, 4) is 0 Å². The van der Waals surface area contributed by atoms with E-state index in [0.29, 0.717) is 11.6 Å². The summed E-state index contributed by atoms with van der Waals surface area (Å²) < 4.78 is 0. The summed E-state index contributed by atoms with van der Waals surface area (Å²) in [5.74, 6) is 0.0994. The molecule has 2 aromatic carbocycles. The molecule has 4 nitrogen and oxygen atoms in total. The first-order chi connectivity index (χ1) is 13.6. The molecular formula is C23H30ClN3O+2. The highest BCUT2D eigenvalue weighted by Crippen LogP contribution is 2.14. The van der Waals surface area contributed by atoms with Crippen LogP contribution in [-0.2, 0) is 11.3 Å². The summed E-state index contributed by atoms with van der Waals surface area (Å²) in [6, 6.07) is 18.0.